The van der Waals surface area contributed by atoms with E-state index in [1.807, 2.05) is 0 Å². The van der Waals surface area contributed by atoms with Crippen molar-refractivity contribution in [2.45, 2.75) is 38.5 Å². The summed E-state index contributed by atoms with van der Waals surface area (Å²) in [5.74, 6) is 0.522. The Kier molecular flexibility index (Phi) is 5.86. The highest BCUT2D eigenvalue weighted by molar-refractivity contribution is 5.47. The van der Waals surface area contributed by atoms with Crippen molar-refractivity contribution < 1.29 is 0 Å². The van der Waals surface area contributed by atoms with Gasteiger partial charge in [-0.3, -0.25) is 0 Å². The maximum absolute atomic E-state index is 2.29. The molecule has 2 aromatic carbocycles. The van der Waals surface area contributed by atoms with Crippen molar-refractivity contribution in [2.75, 3.05) is 19.0 Å². The van der Waals surface area contributed by atoms with Gasteiger partial charge in [-0.15, -0.1) is 0 Å². The molecule has 0 aliphatic heterocycles. The molecular weight excluding hydrogens is 254 g/mol. The molecule has 0 aliphatic rings. The molecule has 0 N–H and O–H groups in total. The van der Waals surface area contributed by atoms with Crippen LogP contribution in [0.5, 0.6) is 0 Å². The molecule has 2 rings (SSSR count). The number of anilines is 1. The predicted molar refractivity (Wildman–Crippen MR) is 93.2 cm³/mol. The molecule has 0 saturated carbocycles. The largest absolute Gasteiger partial charge is 0.378 e. The van der Waals surface area contributed by atoms with Gasteiger partial charge in [0.2, 0.25) is 0 Å². The van der Waals surface area contributed by atoms with Crippen molar-refractivity contribution in [3.8, 4) is 0 Å². The Hall–Kier alpha value is -1.76. The molecule has 1 unspecified atom stereocenters. The monoisotopic (exact) mass is 281 g/mol. The van der Waals surface area contributed by atoms with Crippen LogP contribution in [-0.2, 0) is 0 Å². The molecule has 0 saturated heterocycles. The molecule has 21 heavy (non-hydrogen) atoms. The van der Waals surface area contributed by atoms with Gasteiger partial charge in [-0.25, -0.2) is 0 Å². The summed E-state index contributed by atoms with van der Waals surface area (Å²) in [6, 6.07) is 20.0. The fourth-order valence-electron chi connectivity index (χ4n) is 2.81. The van der Waals surface area contributed by atoms with E-state index < -0.39 is 0 Å². The Morgan fingerprint density at radius 3 is 2.00 bits per heavy atom. The van der Waals surface area contributed by atoms with Crippen molar-refractivity contribution in [1.29, 1.82) is 0 Å². The van der Waals surface area contributed by atoms with Crippen LogP contribution >= 0.6 is 0 Å². The van der Waals surface area contributed by atoms with Crippen LogP contribution in [0.25, 0.3) is 0 Å². The second kappa shape index (κ2) is 7.87. The minimum atomic E-state index is 0.522. The number of benzene rings is 2. The van der Waals surface area contributed by atoms with Crippen LogP contribution in [0.3, 0.4) is 0 Å². The molecule has 1 atom stereocenters. The molecule has 0 aromatic heterocycles. The van der Waals surface area contributed by atoms with E-state index in [2.05, 4.69) is 80.5 Å². The Morgan fingerprint density at radius 1 is 0.810 bits per heavy atom. The van der Waals surface area contributed by atoms with E-state index in [1.165, 1.54) is 42.5 Å². The van der Waals surface area contributed by atoms with Gasteiger partial charge in [0.25, 0.3) is 0 Å². The van der Waals surface area contributed by atoms with E-state index in [4.69, 9.17) is 0 Å². The number of hydrogen-bond acceptors (Lipinski definition) is 1. The zero-order valence-corrected chi connectivity index (χ0v) is 13.5. The van der Waals surface area contributed by atoms with Crippen LogP contribution in [0.2, 0.25) is 0 Å². The molecule has 0 radical (unpaired) electrons. The van der Waals surface area contributed by atoms with E-state index in [-0.39, 0.29) is 0 Å². The Morgan fingerprint density at radius 2 is 1.43 bits per heavy atom. The smallest absolute Gasteiger partial charge is 0.0361 e. The van der Waals surface area contributed by atoms with Crippen LogP contribution < -0.4 is 4.90 Å². The van der Waals surface area contributed by atoms with Gasteiger partial charge in [0.1, 0.15) is 0 Å². The first-order valence-electron chi connectivity index (χ1n) is 8.04. The average Bonchev–Trinajstić information content (AvgIpc) is 2.53. The van der Waals surface area contributed by atoms with Crippen molar-refractivity contribution in [2.24, 2.45) is 0 Å². The average molecular weight is 281 g/mol. The van der Waals surface area contributed by atoms with Crippen molar-refractivity contribution in [3.63, 3.8) is 0 Å². The Bertz CT molecular complexity index is 513. The Balaban J connectivity index is 2.22. The topological polar surface area (TPSA) is 3.24 Å². The first-order valence-corrected chi connectivity index (χ1v) is 8.04. The first-order chi connectivity index (χ1) is 10.2. The van der Waals surface area contributed by atoms with E-state index in [0.717, 1.165) is 0 Å². The Labute approximate surface area is 129 Å². The quantitative estimate of drug-likeness (QED) is 0.609. The van der Waals surface area contributed by atoms with E-state index >= 15 is 0 Å². The highest BCUT2D eigenvalue weighted by atomic mass is 15.1. The zero-order valence-electron chi connectivity index (χ0n) is 13.5. The van der Waals surface area contributed by atoms with Crippen LogP contribution in [0.1, 0.15) is 49.7 Å². The van der Waals surface area contributed by atoms with Gasteiger partial charge in [0.05, 0.1) is 0 Å². The lowest BCUT2D eigenvalue weighted by Gasteiger charge is -2.20. The zero-order chi connectivity index (χ0) is 15.1. The molecule has 0 heterocycles. The van der Waals surface area contributed by atoms with Crippen LogP contribution in [0, 0.1) is 0 Å². The van der Waals surface area contributed by atoms with Gasteiger partial charge in [-0.05, 0) is 29.7 Å². The second-order valence-electron chi connectivity index (χ2n) is 5.95. The van der Waals surface area contributed by atoms with Crippen LogP contribution in [-0.4, -0.2) is 14.1 Å². The summed E-state index contributed by atoms with van der Waals surface area (Å²) < 4.78 is 0. The summed E-state index contributed by atoms with van der Waals surface area (Å²) in [5, 5.41) is 0. The first kappa shape index (κ1) is 15.6. The predicted octanol–water partition coefficient (Wildman–Crippen LogP) is 5.46. The minimum Gasteiger partial charge on any atom is -0.378 e. The van der Waals surface area contributed by atoms with Gasteiger partial charge in [0, 0.05) is 25.7 Å². The SMILES string of the molecule is CCCCCC(c1ccccc1)c1ccc(N(C)C)cc1. The lowest BCUT2D eigenvalue weighted by molar-refractivity contribution is 0.618. The van der Waals surface area contributed by atoms with Crippen molar-refractivity contribution >= 4 is 5.69 Å². The lowest BCUT2D eigenvalue weighted by atomic mass is 9.87. The molecule has 0 fully saturated rings. The molecule has 0 aliphatic carbocycles. The van der Waals surface area contributed by atoms with E-state index in [9.17, 15) is 0 Å². The standard InChI is InChI=1S/C20H27N/c1-4-5-7-12-20(17-10-8-6-9-11-17)18-13-15-19(16-14-18)21(2)3/h6,8-11,13-16,20H,4-5,7,12H2,1-3H3. The fourth-order valence-corrected chi connectivity index (χ4v) is 2.81. The van der Waals surface area contributed by atoms with E-state index in [1.54, 1.807) is 0 Å². The lowest BCUT2D eigenvalue weighted by Crippen LogP contribution is -2.09. The molecule has 2 aromatic rings. The van der Waals surface area contributed by atoms with Gasteiger partial charge in [0.15, 0.2) is 0 Å². The van der Waals surface area contributed by atoms with Gasteiger partial charge in [-0.2, -0.15) is 0 Å². The van der Waals surface area contributed by atoms with E-state index in [0.29, 0.717) is 5.92 Å². The number of rotatable bonds is 7. The molecular formula is C20H27N. The summed E-state index contributed by atoms with van der Waals surface area (Å²) in [6.07, 6.45) is 5.13. The summed E-state index contributed by atoms with van der Waals surface area (Å²) >= 11 is 0. The third-order valence-electron chi connectivity index (χ3n) is 4.11. The maximum atomic E-state index is 2.29. The minimum absolute atomic E-state index is 0.522. The molecule has 1 nitrogen and oxygen atoms in total. The third kappa shape index (κ3) is 4.35. The summed E-state index contributed by atoms with van der Waals surface area (Å²) in [5.41, 5.74) is 4.13. The van der Waals surface area contributed by atoms with Crippen molar-refractivity contribution in [3.05, 3.63) is 65.7 Å². The van der Waals surface area contributed by atoms with Crippen LogP contribution in [0.4, 0.5) is 5.69 Å². The molecule has 112 valence electrons. The van der Waals surface area contributed by atoms with Gasteiger partial charge < -0.3 is 4.90 Å². The van der Waals surface area contributed by atoms with Crippen LogP contribution in [0.15, 0.2) is 54.6 Å². The summed E-state index contributed by atoms with van der Waals surface area (Å²) in [7, 11) is 4.18. The number of nitrogens with zero attached hydrogens (tertiary/aromatic N) is 1. The van der Waals surface area contributed by atoms with Crippen molar-refractivity contribution in [1.82, 2.24) is 0 Å². The summed E-state index contributed by atoms with van der Waals surface area (Å²) in [6.45, 7) is 2.27. The molecule has 0 bridgehead atoms. The maximum Gasteiger partial charge on any atom is 0.0361 e. The highest BCUT2D eigenvalue weighted by Gasteiger charge is 2.13. The normalized spacial score (nSPS) is 12.1. The third-order valence-corrected chi connectivity index (χ3v) is 4.11. The van der Waals surface area contributed by atoms with Gasteiger partial charge in [-0.1, -0.05) is 68.7 Å². The number of hydrogen-bond donors (Lipinski definition) is 0. The highest BCUT2D eigenvalue weighted by Crippen LogP contribution is 2.31. The van der Waals surface area contributed by atoms with Gasteiger partial charge >= 0.3 is 0 Å². The molecule has 0 spiro atoms. The summed E-state index contributed by atoms with van der Waals surface area (Å²) in [4.78, 5) is 2.15. The fraction of sp³-hybridized carbons (Fsp3) is 0.400. The second-order valence-corrected chi connectivity index (χ2v) is 5.95. The molecule has 0 amide bonds. The number of unbranched alkanes of at least 4 members (excludes halogenated alkanes) is 2. The molecule has 1 heteroatoms.